The molecule has 1 atom stereocenters. The number of fused-ring (bicyclic) bond motifs is 1. The standard InChI is InChI=1S/C25H32F3NO3Si/c1-22(2,3)21(24(6,7)32-33)15-10-11-29(20(30)12-15)18-14-23(4,5)31-19-9-8-16(13-17(18)19)25(26,27)28/h8-14,21H,1-7,33H3. The van der Waals surface area contributed by atoms with Gasteiger partial charge in [-0.05, 0) is 69.0 Å². The van der Waals surface area contributed by atoms with Crippen LogP contribution in [0.25, 0.3) is 5.70 Å². The lowest BCUT2D eigenvalue weighted by Gasteiger charge is -2.42. The molecule has 1 aromatic carbocycles. The van der Waals surface area contributed by atoms with E-state index in [1.807, 2.05) is 19.9 Å². The number of nitrogens with zero attached hydrogens (tertiary/aromatic N) is 1. The molecule has 0 N–H and O–H groups in total. The molecule has 4 nitrogen and oxygen atoms in total. The van der Waals surface area contributed by atoms with Crippen molar-refractivity contribution in [2.24, 2.45) is 5.41 Å². The van der Waals surface area contributed by atoms with Crippen molar-refractivity contribution >= 4 is 16.2 Å². The number of benzene rings is 1. The molecule has 180 valence electrons. The van der Waals surface area contributed by atoms with Crippen LogP contribution in [0.2, 0.25) is 0 Å². The van der Waals surface area contributed by atoms with Crippen molar-refractivity contribution in [1.29, 1.82) is 0 Å². The van der Waals surface area contributed by atoms with E-state index < -0.39 is 22.9 Å². The first kappa shape index (κ1) is 25.3. The summed E-state index contributed by atoms with van der Waals surface area (Å²) in [6.07, 6.45) is -1.18. The van der Waals surface area contributed by atoms with E-state index in [1.165, 1.54) is 10.6 Å². The third-order valence-corrected chi connectivity index (χ3v) is 7.12. The Labute approximate surface area is 196 Å². The molecule has 0 saturated heterocycles. The third-order valence-electron chi connectivity index (χ3n) is 6.06. The van der Waals surface area contributed by atoms with Crippen molar-refractivity contribution < 1.29 is 22.3 Å². The highest BCUT2D eigenvalue weighted by atomic mass is 28.2. The summed E-state index contributed by atoms with van der Waals surface area (Å²) in [5.74, 6) is 0.244. The van der Waals surface area contributed by atoms with Crippen molar-refractivity contribution in [3.63, 3.8) is 0 Å². The summed E-state index contributed by atoms with van der Waals surface area (Å²) in [5, 5.41) is 0. The van der Waals surface area contributed by atoms with Gasteiger partial charge in [-0.1, -0.05) is 20.8 Å². The minimum atomic E-state index is -4.50. The first-order valence-electron chi connectivity index (χ1n) is 10.9. The largest absolute Gasteiger partial charge is 0.483 e. The molecule has 0 bridgehead atoms. The number of hydrogen-bond donors (Lipinski definition) is 0. The van der Waals surface area contributed by atoms with Crippen LogP contribution in [0.15, 0.2) is 47.4 Å². The lowest BCUT2D eigenvalue weighted by molar-refractivity contribution is -0.137. The summed E-state index contributed by atoms with van der Waals surface area (Å²) in [5.41, 5.74) is -1.13. The number of hydrogen-bond acceptors (Lipinski definition) is 3. The molecule has 0 radical (unpaired) electrons. The van der Waals surface area contributed by atoms with Gasteiger partial charge >= 0.3 is 6.18 Å². The summed E-state index contributed by atoms with van der Waals surface area (Å²) < 4.78 is 53.3. The van der Waals surface area contributed by atoms with Crippen LogP contribution in [0.3, 0.4) is 0 Å². The zero-order valence-corrected chi connectivity index (χ0v) is 22.4. The van der Waals surface area contributed by atoms with Gasteiger partial charge in [-0.25, -0.2) is 0 Å². The summed E-state index contributed by atoms with van der Waals surface area (Å²) in [7, 11) is 0.555. The lowest BCUT2D eigenvalue weighted by atomic mass is 9.68. The van der Waals surface area contributed by atoms with Crippen LogP contribution in [0.5, 0.6) is 5.75 Å². The minimum Gasteiger partial charge on any atom is -0.483 e. The average Bonchev–Trinajstić information content (AvgIpc) is 2.64. The summed E-state index contributed by atoms with van der Waals surface area (Å²) in [6, 6.07) is 6.76. The molecule has 0 spiro atoms. The quantitative estimate of drug-likeness (QED) is 0.571. The van der Waals surface area contributed by atoms with Gasteiger partial charge < -0.3 is 9.16 Å². The number of aromatic nitrogens is 1. The predicted molar refractivity (Wildman–Crippen MR) is 128 cm³/mol. The van der Waals surface area contributed by atoms with E-state index in [0.717, 1.165) is 17.7 Å². The monoisotopic (exact) mass is 479 g/mol. The molecular formula is C25H32F3NO3Si. The normalized spacial score (nSPS) is 17.2. The topological polar surface area (TPSA) is 40.5 Å². The molecule has 1 aromatic heterocycles. The van der Waals surface area contributed by atoms with Gasteiger partial charge in [0.1, 0.15) is 21.8 Å². The molecule has 1 aliphatic heterocycles. The first-order chi connectivity index (χ1) is 15.0. The Balaban J connectivity index is 2.18. The highest BCUT2D eigenvalue weighted by molar-refractivity contribution is 5.98. The van der Waals surface area contributed by atoms with E-state index in [4.69, 9.17) is 9.16 Å². The fraction of sp³-hybridized carbons (Fsp3) is 0.480. The predicted octanol–water partition coefficient (Wildman–Crippen LogP) is 5.13. The average molecular weight is 480 g/mol. The van der Waals surface area contributed by atoms with Gasteiger partial charge in [-0.3, -0.25) is 9.36 Å². The maximum Gasteiger partial charge on any atom is 0.416 e. The van der Waals surface area contributed by atoms with E-state index >= 15 is 0 Å². The fourth-order valence-corrected chi connectivity index (χ4v) is 5.09. The van der Waals surface area contributed by atoms with Gasteiger partial charge in [0.25, 0.3) is 5.56 Å². The third kappa shape index (κ3) is 5.11. The number of ether oxygens (including phenoxy) is 1. The number of rotatable bonds is 4. The highest BCUT2D eigenvalue weighted by Gasteiger charge is 2.40. The van der Waals surface area contributed by atoms with Crippen LogP contribution in [-0.4, -0.2) is 26.3 Å². The second kappa shape index (κ2) is 8.16. The van der Waals surface area contributed by atoms with Crippen LogP contribution in [-0.2, 0) is 10.6 Å². The van der Waals surface area contributed by atoms with Crippen molar-refractivity contribution in [2.45, 2.75) is 71.8 Å². The maximum atomic E-state index is 13.4. The van der Waals surface area contributed by atoms with Crippen LogP contribution in [0.4, 0.5) is 13.2 Å². The Morgan fingerprint density at radius 3 is 2.21 bits per heavy atom. The Morgan fingerprint density at radius 2 is 1.70 bits per heavy atom. The van der Waals surface area contributed by atoms with Gasteiger partial charge in [0.2, 0.25) is 0 Å². The van der Waals surface area contributed by atoms with Gasteiger partial charge in [0, 0.05) is 23.7 Å². The van der Waals surface area contributed by atoms with Gasteiger partial charge in [0.15, 0.2) is 0 Å². The molecule has 1 aliphatic rings. The Morgan fingerprint density at radius 1 is 1.06 bits per heavy atom. The maximum absolute atomic E-state index is 13.4. The molecule has 0 amide bonds. The second-order valence-electron chi connectivity index (χ2n) is 10.7. The first-order valence-corrected chi connectivity index (χ1v) is 11.7. The van der Waals surface area contributed by atoms with Crippen molar-refractivity contribution in [3.8, 4) is 5.75 Å². The van der Waals surface area contributed by atoms with E-state index in [2.05, 4.69) is 20.8 Å². The molecule has 33 heavy (non-hydrogen) atoms. The molecule has 2 heterocycles. The second-order valence-corrected chi connectivity index (χ2v) is 11.1. The van der Waals surface area contributed by atoms with E-state index in [-0.39, 0.29) is 22.5 Å². The van der Waals surface area contributed by atoms with Crippen molar-refractivity contribution in [2.75, 3.05) is 0 Å². The molecule has 2 aromatic rings. The molecule has 3 rings (SSSR count). The summed E-state index contributed by atoms with van der Waals surface area (Å²) in [6.45, 7) is 13.9. The Kier molecular flexibility index (Phi) is 6.26. The van der Waals surface area contributed by atoms with Crippen LogP contribution >= 0.6 is 0 Å². The van der Waals surface area contributed by atoms with E-state index in [0.29, 0.717) is 21.9 Å². The smallest absolute Gasteiger partial charge is 0.416 e. The molecule has 0 aliphatic carbocycles. The van der Waals surface area contributed by atoms with E-state index in [1.54, 1.807) is 32.2 Å². The minimum absolute atomic E-state index is 0.0610. The molecule has 0 saturated carbocycles. The van der Waals surface area contributed by atoms with Crippen molar-refractivity contribution in [1.82, 2.24) is 4.57 Å². The van der Waals surface area contributed by atoms with Gasteiger partial charge in [-0.2, -0.15) is 13.2 Å². The Bertz CT molecular complexity index is 1140. The number of halogens is 3. The lowest BCUT2D eigenvalue weighted by Crippen LogP contribution is -2.40. The Hall–Kier alpha value is -2.32. The zero-order valence-electron chi connectivity index (χ0n) is 20.4. The number of alkyl halides is 3. The SMILES string of the molecule is CC1(C)C=C(n2ccc(C(C(C)(C)C)C(C)(C)O[SiH3])cc2=O)c2cc(C(F)(F)F)ccc2O1. The summed E-state index contributed by atoms with van der Waals surface area (Å²) >= 11 is 0. The van der Waals surface area contributed by atoms with Crippen LogP contribution < -0.4 is 10.3 Å². The molecule has 0 fully saturated rings. The molecule has 1 unspecified atom stereocenters. The molecule has 8 heteroatoms. The zero-order chi connectivity index (χ0) is 25.0. The van der Waals surface area contributed by atoms with Crippen LogP contribution in [0.1, 0.15) is 71.1 Å². The van der Waals surface area contributed by atoms with Crippen LogP contribution in [0, 0.1) is 5.41 Å². The summed E-state index contributed by atoms with van der Waals surface area (Å²) in [4.78, 5) is 13.3. The van der Waals surface area contributed by atoms with Gasteiger partial charge in [0.05, 0.1) is 16.9 Å². The highest BCUT2D eigenvalue weighted by Crippen LogP contribution is 2.44. The van der Waals surface area contributed by atoms with Gasteiger partial charge in [-0.15, -0.1) is 0 Å². The van der Waals surface area contributed by atoms with Crippen molar-refractivity contribution in [3.05, 3.63) is 69.6 Å². The number of pyridine rings is 1. The fourth-order valence-electron chi connectivity index (χ4n) is 4.85. The molecular weight excluding hydrogens is 447 g/mol. The van der Waals surface area contributed by atoms with E-state index in [9.17, 15) is 18.0 Å².